The second-order valence-electron chi connectivity index (χ2n) is 7.30. The third kappa shape index (κ3) is 3.64. The Morgan fingerprint density at radius 3 is 2.96 bits per heavy atom. The quantitative estimate of drug-likeness (QED) is 0.311. The highest BCUT2D eigenvalue weighted by Crippen LogP contribution is 2.45. The van der Waals surface area contributed by atoms with Crippen LogP contribution in [-0.4, -0.2) is 37.0 Å². The average Bonchev–Trinajstić information content (AvgIpc) is 3.10. The topological polar surface area (TPSA) is 78.9 Å². The largest absolute Gasteiger partial charge is 0.469 e. The minimum absolute atomic E-state index is 0.0331. The van der Waals surface area contributed by atoms with E-state index in [1.807, 2.05) is 32.0 Å². The summed E-state index contributed by atoms with van der Waals surface area (Å²) in [6.45, 7) is 7.48. The van der Waals surface area contributed by atoms with Crippen LogP contribution in [0.15, 0.2) is 42.7 Å². The van der Waals surface area contributed by atoms with E-state index < -0.39 is 17.5 Å². The van der Waals surface area contributed by atoms with Crippen molar-refractivity contribution in [2.24, 2.45) is 11.8 Å². The zero-order valence-electron chi connectivity index (χ0n) is 16.1. The molecule has 1 heterocycles. The molecule has 0 bridgehead atoms. The minimum Gasteiger partial charge on any atom is -0.469 e. The fourth-order valence-electron chi connectivity index (χ4n) is 3.84. The maximum Gasteiger partial charge on any atom is 0.317 e. The third-order valence-corrected chi connectivity index (χ3v) is 5.51. The van der Waals surface area contributed by atoms with Crippen LogP contribution >= 0.6 is 0 Å². The van der Waals surface area contributed by atoms with E-state index >= 15 is 0 Å². The number of hydrogen-bond acceptors (Lipinski definition) is 6. The van der Waals surface area contributed by atoms with Crippen LogP contribution in [-0.2, 0) is 30.2 Å². The smallest absolute Gasteiger partial charge is 0.317 e. The summed E-state index contributed by atoms with van der Waals surface area (Å²) in [5.74, 6) is -1.49. The van der Waals surface area contributed by atoms with Crippen LogP contribution in [0.5, 0.6) is 0 Å². The summed E-state index contributed by atoms with van der Waals surface area (Å²) in [5.41, 5.74) is 1.66. The van der Waals surface area contributed by atoms with Gasteiger partial charge in [-0.2, -0.15) is 0 Å². The van der Waals surface area contributed by atoms with Crippen LogP contribution in [0, 0.1) is 18.8 Å². The number of fused-ring (bicyclic) bond motifs is 1. The van der Waals surface area contributed by atoms with Crippen molar-refractivity contribution in [2.45, 2.75) is 32.3 Å². The van der Waals surface area contributed by atoms with Crippen LogP contribution in [0.3, 0.4) is 0 Å². The molecular formula is C22H24O6. The first kappa shape index (κ1) is 20.0. The zero-order valence-corrected chi connectivity index (χ0v) is 16.1. The third-order valence-electron chi connectivity index (χ3n) is 5.51. The maximum absolute atomic E-state index is 12.4. The van der Waals surface area contributed by atoms with Gasteiger partial charge in [0.1, 0.15) is 30.2 Å². The summed E-state index contributed by atoms with van der Waals surface area (Å²) in [6.07, 6.45) is 4.43. The molecule has 1 saturated heterocycles. The van der Waals surface area contributed by atoms with Crippen LogP contribution in [0.25, 0.3) is 0 Å². The number of hydrogen-bond donors (Lipinski definition) is 0. The number of carbonyl (C=O) groups excluding carboxylic acids is 3. The summed E-state index contributed by atoms with van der Waals surface area (Å²) in [7, 11) is 0. The lowest BCUT2D eigenvalue weighted by Crippen LogP contribution is -2.47. The molecule has 148 valence electrons. The lowest BCUT2D eigenvalue weighted by molar-refractivity contribution is -0.154. The van der Waals surface area contributed by atoms with Crippen LogP contribution in [0.4, 0.5) is 0 Å². The standard InChI is InChI=1S/C22H24O6/c1-4-7-26-21(25)18-11-22(20(10-19(18)24)27-13-28-22)15(3)8-16-6-5-14(2)17(9-16)12-23/h4-6,9-10,12,15,18H,1,7-8,11,13H2,2-3H3/t15?,18-,22-/m1/s1. The highest BCUT2D eigenvalue weighted by molar-refractivity contribution is 6.06. The summed E-state index contributed by atoms with van der Waals surface area (Å²) >= 11 is 0. The molecule has 1 aliphatic heterocycles. The molecule has 2 aliphatic rings. The highest BCUT2D eigenvalue weighted by atomic mass is 16.7. The SMILES string of the molecule is C=CCOC(=O)[C@@H]1C[C@]2(C(C)Cc3ccc(C)c(C=O)c3)OCOC2=CC1=O. The molecule has 1 fully saturated rings. The summed E-state index contributed by atoms with van der Waals surface area (Å²) in [4.78, 5) is 36.0. The molecule has 0 radical (unpaired) electrons. The summed E-state index contributed by atoms with van der Waals surface area (Å²) in [5, 5.41) is 0. The van der Waals surface area contributed by atoms with Crippen molar-refractivity contribution in [3.63, 3.8) is 0 Å². The monoisotopic (exact) mass is 384 g/mol. The maximum atomic E-state index is 12.4. The molecule has 0 amide bonds. The molecule has 6 nitrogen and oxygen atoms in total. The van der Waals surface area contributed by atoms with E-state index in [4.69, 9.17) is 14.2 Å². The van der Waals surface area contributed by atoms with Crippen molar-refractivity contribution in [3.8, 4) is 0 Å². The van der Waals surface area contributed by atoms with Gasteiger partial charge >= 0.3 is 5.97 Å². The van der Waals surface area contributed by atoms with Gasteiger partial charge in [-0.15, -0.1) is 0 Å². The fraction of sp³-hybridized carbons (Fsp3) is 0.409. The molecule has 1 aliphatic carbocycles. The first-order valence-electron chi connectivity index (χ1n) is 9.26. The van der Waals surface area contributed by atoms with Gasteiger partial charge in [-0.25, -0.2) is 0 Å². The van der Waals surface area contributed by atoms with Gasteiger partial charge in [0.15, 0.2) is 12.6 Å². The molecule has 0 spiro atoms. The lowest BCUT2D eigenvalue weighted by atomic mass is 9.72. The number of rotatable bonds is 7. The Balaban J connectivity index is 1.86. The first-order valence-corrected chi connectivity index (χ1v) is 9.26. The van der Waals surface area contributed by atoms with Gasteiger partial charge in [-0.3, -0.25) is 14.4 Å². The number of allylic oxidation sites excluding steroid dienone is 1. The molecule has 0 saturated carbocycles. The molecule has 3 rings (SSSR count). The van der Waals surface area contributed by atoms with Gasteiger partial charge < -0.3 is 14.2 Å². The fourth-order valence-corrected chi connectivity index (χ4v) is 3.84. The molecule has 0 aromatic heterocycles. The van der Waals surface area contributed by atoms with Crippen LogP contribution in [0.2, 0.25) is 0 Å². The number of carbonyl (C=O) groups is 3. The number of esters is 1. The predicted octanol–water partition coefficient (Wildman–Crippen LogP) is 2.93. The summed E-state index contributed by atoms with van der Waals surface area (Å²) < 4.78 is 16.6. The second-order valence-corrected chi connectivity index (χ2v) is 7.30. The predicted molar refractivity (Wildman–Crippen MR) is 102 cm³/mol. The number of ketones is 1. The van der Waals surface area contributed by atoms with Crippen molar-refractivity contribution in [1.29, 1.82) is 0 Å². The van der Waals surface area contributed by atoms with Crippen molar-refractivity contribution in [2.75, 3.05) is 13.4 Å². The van der Waals surface area contributed by atoms with E-state index in [0.717, 1.165) is 17.4 Å². The van der Waals surface area contributed by atoms with Crippen LogP contribution in [0.1, 0.15) is 34.8 Å². The molecule has 6 heteroatoms. The first-order chi connectivity index (χ1) is 13.4. The lowest BCUT2D eigenvalue weighted by Gasteiger charge is -2.37. The van der Waals surface area contributed by atoms with Gasteiger partial charge in [-0.05, 0) is 36.5 Å². The Morgan fingerprint density at radius 1 is 1.46 bits per heavy atom. The molecule has 1 aromatic rings. The van der Waals surface area contributed by atoms with Crippen molar-refractivity contribution >= 4 is 18.0 Å². The van der Waals surface area contributed by atoms with E-state index in [9.17, 15) is 14.4 Å². The van der Waals surface area contributed by atoms with Gasteiger partial charge in [0.05, 0.1) is 0 Å². The van der Waals surface area contributed by atoms with Crippen molar-refractivity contribution in [1.82, 2.24) is 0 Å². The Labute approximate surface area is 164 Å². The normalized spacial score (nSPS) is 24.6. The van der Waals surface area contributed by atoms with Gasteiger partial charge in [-0.1, -0.05) is 31.7 Å². The van der Waals surface area contributed by atoms with Gasteiger partial charge in [0.25, 0.3) is 0 Å². The van der Waals surface area contributed by atoms with Crippen molar-refractivity contribution < 1.29 is 28.6 Å². The van der Waals surface area contributed by atoms with Crippen molar-refractivity contribution in [3.05, 3.63) is 59.4 Å². The van der Waals surface area contributed by atoms with E-state index in [1.165, 1.54) is 12.2 Å². The second kappa shape index (κ2) is 8.10. The summed E-state index contributed by atoms with van der Waals surface area (Å²) in [6, 6.07) is 5.74. The molecule has 1 aromatic carbocycles. The van der Waals surface area contributed by atoms with Crippen LogP contribution < -0.4 is 0 Å². The minimum atomic E-state index is -0.934. The molecule has 0 N–H and O–H groups in total. The zero-order chi connectivity index (χ0) is 20.3. The molecule has 28 heavy (non-hydrogen) atoms. The number of benzene rings is 1. The van der Waals surface area contributed by atoms with E-state index in [1.54, 1.807) is 0 Å². The van der Waals surface area contributed by atoms with Gasteiger partial charge in [0.2, 0.25) is 0 Å². The Bertz CT molecular complexity index is 839. The number of aryl methyl sites for hydroxylation is 1. The van der Waals surface area contributed by atoms with E-state index in [-0.39, 0.29) is 31.5 Å². The Kier molecular flexibility index (Phi) is 5.79. The number of aldehydes is 1. The van der Waals surface area contributed by atoms with E-state index in [2.05, 4.69) is 6.58 Å². The Morgan fingerprint density at radius 2 is 2.25 bits per heavy atom. The highest BCUT2D eigenvalue weighted by Gasteiger charge is 2.53. The Hall–Kier alpha value is -2.73. The van der Waals surface area contributed by atoms with E-state index in [0.29, 0.717) is 17.7 Å². The average molecular weight is 384 g/mol. The molecule has 3 atom stereocenters. The van der Waals surface area contributed by atoms with Gasteiger partial charge in [0, 0.05) is 18.1 Å². The molecule has 1 unspecified atom stereocenters. The molecular weight excluding hydrogens is 360 g/mol. The number of ether oxygens (including phenoxy) is 3.